The molecule has 0 aliphatic rings. The Hall–Kier alpha value is -1.46. The molecule has 0 radical (unpaired) electrons. The van der Waals surface area contributed by atoms with Crippen molar-refractivity contribution in [2.24, 2.45) is 7.05 Å². The number of para-hydroxylation sites is 1. The van der Waals surface area contributed by atoms with Crippen molar-refractivity contribution >= 4 is 41.5 Å². The number of benzene rings is 1. The predicted octanol–water partition coefficient (Wildman–Crippen LogP) is 0.782. The summed E-state index contributed by atoms with van der Waals surface area (Å²) < 4.78 is 51.4. The van der Waals surface area contributed by atoms with E-state index in [-0.39, 0.29) is 20.2 Å². The topological polar surface area (TPSA) is 111 Å². The average molecular weight is 395 g/mol. The van der Waals surface area contributed by atoms with Crippen molar-refractivity contribution in [3.63, 3.8) is 0 Å². The third-order valence-corrected chi connectivity index (χ3v) is 5.93. The van der Waals surface area contributed by atoms with E-state index in [4.69, 9.17) is 0 Å². The molecule has 1 N–H and O–H groups in total. The maximum atomic E-state index is 12.3. The summed E-state index contributed by atoms with van der Waals surface area (Å²) in [4.78, 5) is -0.111. The highest BCUT2D eigenvalue weighted by atomic mass is 79.9. The third-order valence-electron chi connectivity index (χ3n) is 2.52. The minimum atomic E-state index is -4.04. The number of hydrogen-bond donors (Lipinski definition) is 1. The zero-order chi connectivity index (χ0) is 15.8. The molecule has 0 bridgehead atoms. The van der Waals surface area contributed by atoms with Crippen LogP contribution in [0, 0.1) is 0 Å². The van der Waals surface area contributed by atoms with Gasteiger partial charge in [-0.3, -0.25) is 4.72 Å². The van der Waals surface area contributed by atoms with E-state index in [0.717, 1.165) is 10.9 Å². The van der Waals surface area contributed by atoms with Crippen LogP contribution < -0.4 is 4.72 Å². The van der Waals surface area contributed by atoms with Crippen molar-refractivity contribution in [3.05, 3.63) is 28.9 Å². The van der Waals surface area contributed by atoms with Crippen LogP contribution in [-0.4, -0.2) is 38.1 Å². The SMILES string of the molecule is Cn1nnc(Br)c1S(=O)(=O)Nc1ccccc1S(C)(=O)=O. The van der Waals surface area contributed by atoms with Crippen molar-refractivity contribution in [1.82, 2.24) is 15.0 Å². The average Bonchev–Trinajstić information content (AvgIpc) is 2.68. The fourth-order valence-corrected chi connectivity index (χ4v) is 4.76. The van der Waals surface area contributed by atoms with Crippen LogP contribution in [0.4, 0.5) is 5.69 Å². The zero-order valence-corrected chi connectivity index (χ0v) is 14.2. The van der Waals surface area contributed by atoms with Crippen molar-refractivity contribution < 1.29 is 16.8 Å². The summed E-state index contributed by atoms with van der Waals surface area (Å²) in [6.45, 7) is 0. The number of sulfonamides is 1. The first kappa shape index (κ1) is 15.9. The fraction of sp³-hybridized carbons (Fsp3) is 0.200. The molecule has 21 heavy (non-hydrogen) atoms. The first-order valence-corrected chi connectivity index (χ1v) is 9.67. The zero-order valence-electron chi connectivity index (χ0n) is 11.0. The van der Waals surface area contributed by atoms with Gasteiger partial charge < -0.3 is 0 Å². The lowest BCUT2D eigenvalue weighted by Crippen LogP contribution is -2.18. The number of halogens is 1. The van der Waals surface area contributed by atoms with E-state index in [2.05, 4.69) is 31.0 Å². The number of aromatic nitrogens is 3. The second kappa shape index (κ2) is 5.39. The third kappa shape index (κ3) is 3.24. The summed E-state index contributed by atoms with van der Waals surface area (Å²) in [6.07, 6.45) is 1.00. The number of nitrogens with zero attached hydrogens (tertiary/aromatic N) is 3. The van der Waals surface area contributed by atoms with Gasteiger partial charge in [0.1, 0.15) is 0 Å². The van der Waals surface area contributed by atoms with Crippen LogP contribution in [-0.2, 0) is 26.9 Å². The number of aryl methyl sites for hydroxylation is 1. The number of sulfone groups is 1. The molecule has 8 nitrogen and oxygen atoms in total. The quantitative estimate of drug-likeness (QED) is 0.819. The van der Waals surface area contributed by atoms with E-state index in [1.54, 1.807) is 0 Å². The van der Waals surface area contributed by atoms with Gasteiger partial charge in [-0.05, 0) is 28.1 Å². The van der Waals surface area contributed by atoms with Gasteiger partial charge in [0.05, 0.1) is 10.6 Å². The van der Waals surface area contributed by atoms with Crippen molar-refractivity contribution in [2.45, 2.75) is 9.92 Å². The second-order valence-corrected chi connectivity index (χ2v) is 8.52. The Morgan fingerprint density at radius 1 is 1.19 bits per heavy atom. The Labute approximate surface area is 130 Å². The minimum Gasteiger partial charge on any atom is -0.277 e. The molecule has 0 unspecified atom stereocenters. The van der Waals surface area contributed by atoms with Gasteiger partial charge in [-0.15, -0.1) is 5.10 Å². The highest BCUT2D eigenvalue weighted by Crippen LogP contribution is 2.25. The van der Waals surface area contributed by atoms with Gasteiger partial charge in [0.2, 0.25) is 5.03 Å². The molecular weight excluding hydrogens is 384 g/mol. The molecule has 1 heterocycles. The molecule has 11 heteroatoms. The van der Waals surface area contributed by atoms with E-state index >= 15 is 0 Å². The lowest BCUT2D eigenvalue weighted by molar-refractivity contribution is 0.578. The van der Waals surface area contributed by atoms with Gasteiger partial charge in [0, 0.05) is 13.3 Å². The standard InChI is InChI=1S/C10H11BrN4O4S2/c1-15-10(9(11)12-14-15)21(18,19)13-7-5-3-4-6-8(7)20(2,16)17/h3-6,13H,1-2H3. The van der Waals surface area contributed by atoms with Crippen LogP contribution in [0.2, 0.25) is 0 Å². The molecule has 0 fully saturated rings. The van der Waals surface area contributed by atoms with Crippen LogP contribution >= 0.6 is 15.9 Å². The molecule has 0 spiro atoms. The Morgan fingerprint density at radius 2 is 1.81 bits per heavy atom. The summed E-state index contributed by atoms with van der Waals surface area (Å²) in [5, 5.41) is 6.96. The molecule has 2 rings (SSSR count). The van der Waals surface area contributed by atoms with Crippen LogP contribution in [0.3, 0.4) is 0 Å². The van der Waals surface area contributed by atoms with Gasteiger partial charge in [-0.1, -0.05) is 17.3 Å². The number of rotatable bonds is 4. The van der Waals surface area contributed by atoms with E-state index in [1.807, 2.05) is 0 Å². The van der Waals surface area contributed by atoms with E-state index in [1.165, 1.54) is 31.3 Å². The molecular formula is C10H11BrN4O4S2. The van der Waals surface area contributed by atoms with E-state index < -0.39 is 19.9 Å². The molecule has 0 aliphatic heterocycles. The summed E-state index contributed by atoms with van der Waals surface area (Å²) in [7, 11) is -6.20. The summed E-state index contributed by atoms with van der Waals surface area (Å²) in [5.41, 5.74) is -0.0342. The number of anilines is 1. The van der Waals surface area contributed by atoms with Crippen LogP contribution in [0.5, 0.6) is 0 Å². The largest absolute Gasteiger partial charge is 0.281 e. The first-order chi connectivity index (χ1) is 9.63. The van der Waals surface area contributed by atoms with Gasteiger partial charge in [-0.25, -0.2) is 13.1 Å². The lowest BCUT2D eigenvalue weighted by Gasteiger charge is -2.11. The van der Waals surface area contributed by atoms with E-state index in [0.29, 0.717) is 0 Å². The molecule has 0 saturated carbocycles. The molecule has 0 atom stereocenters. The Morgan fingerprint density at radius 3 is 2.33 bits per heavy atom. The Kier molecular flexibility index (Phi) is 4.08. The minimum absolute atomic E-state index is 0.0342. The monoisotopic (exact) mass is 394 g/mol. The van der Waals surface area contributed by atoms with Gasteiger partial charge in [0.15, 0.2) is 14.4 Å². The van der Waals surface area contributed by atoms with Crippen molar-refractivity contribution in [2.75, 3.05) is 11.0 Å². The number of nitrogens with one attached hydrogen (secondary N) is 1. The summed E-state index contributed by atoms with van der Waals surface area (Å²) >= 11 is 2.99. The highest BCUT2D eigenvalue weighted by molar-refractivity contribution is 9.10. The second-order valence-electron chi connectivity index (χ2n) is 4.18. The maximum absolute atomic E-state index is 12.3. The molecule has 0 saturated heterocycles. The normalized spacial score (nSPS) is 12.3. The highest BCUT2D eigenvalue weighted by Gasteiger charge is 2.26. The molecule has 2 aromatic rings. The Bertz CT molecular complexity index is 870. The first-order valence-electron chi connectivity index (χ1n) is 5.50. The van der Waals surface area contributed by atoms with Gasteiger partial charge in [-0.2, -0.15) is 8.42 Å². The molecule has 1 aromatic carbocycles. The van der Waals surface area contributed by atoms with Crippen LogP contribution in [0.1, 0.15) is 0 Å². The Balaban J connectivity index is 2.53. The van der Waals surface area contributed by atoms with Crippen LogP contribution in [0.15, 0.2) is 38.8 Å². The summed E-state index contributed by atoms with van der Waals surface area (Å²) in [6, 6.07) is 5.73. The van der Waals surface area contributed by atoms with Crippen LogP contribution in [0.25, 0.3) is 0 Å². The predicted molar refractivity (Wildman–Crippen MR) is 79.1 cm³/mol. The lowest BCUT2D eigenvalue weighted by atomic mass is 10.3. The number of hydrogen-bond acceptors (Lipinski definition) is 6. The molecule has 0 amide bonds. The molecule has 114 valence electrons. The maximum Gasteiger partial charge on any atom is 0.281 e. The molecule has 0 aliphatic carbocycles. The van der Waals surface area contributed by atoms with Crippen molar-refractivity contribution in [3.8, 4) is 0 Å². The summed E-state index contributed by atoms with van der Waals surface area (Å²) in [5.74, 6) is 0. The van der Waals surface area contributed by atoms with Gasteiger partial charge >= 0.3 is 0 Å². The van der Waals surface area contributed by atoms with E-state index in [9.17, 15) is 16.8 Å². The van der Waals surface area contributed by atoms with Crippen molar-refractivity contribution in [1.29, 1.82) is 0 Å². The molecule has 1 aromatic heterocycles. The van der Waals surface area contributed by atoms with Gasteiger partial charge in [0.25, 0.3) is 10.0 Å². The fourth-order valence-electron chi connectivity index (χ4n) is 1.68. The smallest absolute Gasteiger partial charge is 0.277 e.